The third-order valence-corrected chi connectivity index (χ3v) is 4.60. The van der Waals surface area contributed by atoms with Gasteiger partial charge in [-0.15, -0.1) is 0 Å². The zero-order valence-corrected chi connectivity index (χ0v) is 14.4. The first-order valence-electron chi connectivity index (χ1n) is 7.26. The molecule has 3 aromatic rings. The number of carbonyl (C=O) groups excluding carboxylic acids is 1. The van der Waals surface area contributed by atoms with Gasteiger partial charge >= 0.3 is 0 Å². The van der Waals surface area contributed by atoms with Crippen LogP contribution in [0.25, 0.3) is 5.13 Å². The summed E-state index contributed by atoms with van der Waals surface area (Å²) >= 11 is 1.34. The van der Waals surface area contributed by atoms with Crippen LogP contribution in [-0.2, 0) is 0 Å². The van der Waals surface area contributed by atoms with E-state index in [-0.39, 0.29) is 5.91 Å². The summed E-state index contributed by atoms with van der Waals surface area (Å²) in [5.74, 6) is 1.01. The van der Waals surface area contributed by atoms with Crippen molar-refractivity contribution in [2.45, 2.75) is 6.92 Å². The van der Waals surface area contributed by atoms with E-state index >= 15 is 0 Å². The van der Waals surface area contributed by atoms with Crippen molar-refractivity contribution in [2.75, 3.05) is 19.5 Å². The Balaban J connectivity index is 1.85. The Hall–Kier alpha value is -2.80. The van der Waals surface area contributed by atoms with Crippen molar-refractivity contribution >= 4 is 22.9 Å². The minimum Gasteiger partial charge on any atom is -0.497 e. The fraction of sp³-hybridized carbons (Fsp3) is 0.176. The van der Waals surface area contributed by atoms with Gasteiger partial charge in [-0.1, -0.05) is 11.3 Å². The third-order valence-electron chi connectivity index (χ3n) is 3.43. The molecular weight excluding hydrogens is 326 g/mol. The first kappa shape index (κ1) is 16.1. The quantitative estimate of drug-likeness (QED) is 0.770. The number of nitrogens with one attached hydrogen (secondary N) is 1. The summed E-state index contributed by atoms with van der Waals surface area (Å²) in [6.07, 6.45) is 3.79. The highest BCUT2D eigenvalue weighted by Crippen LogP contribution is 2.27. The topological polar surface area (TPSA) is 65.4 Å². The van der Waals surface area contributed by atoms with Gasteiger partial charge in [0.25, 0.3) is 5.91 Å². The summed E-state index contributed by atoms with van der Waals surface area (Å²) in [6.45, 7) is 1.82. The Labute approximate surface area is 143 Å². The van der Waals surface area contributed by atoms with Crippen LogP contribution in [0.3, 0.4) is 0 Å². The van der Waals surface area contributed by atoms with Crippen molar-refractivity contribution in [1.82, 2.24) is 9.55 Å². The Morgan fingerprint density at radius 1 is 1.12 bits per heavy atom. The van der Waals surface area contributed by atoms with Gasteiger partial charge in [0.2, 0.25) is 0 Å². The lowest BCUT2D eigenvalue weighted by Crippen LogP contribution is -2.11. The molecule has 0 aliphatic carbocycles. The second-order valence-electron chi connectivity index (χ2n) is 5.06. The number of aromatic nitrogens is 2. The number of rotatable bonds is 5. The average molecular weight is 343 g/mol. The van der Waals surface area contributed by atoms with Crippen LogP contribution in [0, 0.1) is 6.92 Å². The predicted molar refractivity (Wildman–Crippen MR) is 93.7 cm³/mol. The van der Waals surface area contributed by atoms with Gasteiger partial charge in [-0.3, -0.25) is 4.79 Å². The van der Waals surface area contributed by atoms with Crippen LogP contribution in [0.1, 0.15) is 15.4 Å². The lowest BCUT2D eigenvalue weighted by Gasteiger charge is -2.09. The van der Waals surface area contributed by atoms with E-state index < -0.39 is 0 Å². The lowest BCUT2D eigenvalue weighted by molar-refractivity contribution is 0.103. The summed E-state index contributed by atoms with van der Waals surface area (Å²) in [7, 11) is 3.13. The summed E-state index contributed by atoms with van der Waals surface area (Å²) in [5.41, 5.74) is 1.29. The molecule has 0 aliphatic rings. The predicted octanol–water partition coefficient (Wildman–Crippen LogP) is 3.51. The van der Waals surface area contributed by atoms with Crippen molar-refractivity contribution in [1.29, 1.82) is 0 Å². The molecule has 1 amide bonds. The molecule has 2 aromatic heterocycles. The molecule has 6 nitrogen and oxygen atoms in total. The third kappa shape index (κ3) is 3.26. The second kappa shape index (κ2) is 6.76. The number of carbonyl (C=O) groups is 1. The molecular formula is C17H17N3O3S. The minimum atomic E-state index is -0.210. The van der Waals surface area contributed by atoms with Gasteiger partial charge in [0.15, 0.2) is 5.13 Å². The molecule has 24 heavy (non-hydrogen) atoms. The molecule has 0 bridgehead atoms. The number of aryl methyl sites for hydroxylation is 1. The molecule has 0 saturated heterocycles. The maximum absolute atomic E-state index is 12.6. The number of methoxy groups -OCH3 is 2. The molecule has 0 saturated carbocycles. The highest BCUT2D eigenvalue weighted by molar-refractivity contribution is 7.16. The van der Waals surface area contributed by atoms with E-state index in [0.29, 0.717) is 27.8 Å². The van der Waals surface area contributed by atoms with E-state index in [4.69, 9.17) is 9.47 Å². The molecule has 0 fully saturated rings. The Kier molecular flexibility index (Phi) is 4.52. The minimum absolute atomic E-state index is 0.210. The van der Waals surface area contributed by atoms with Gasteiger partial charge in [0.05, 0.1) is 19.9 Å². The van der Waals surface area contributed by atoms with Gasteiger partial charge in [0.1, 0.15) is 16.4 Å². The fourth-order valence-electron chi connectivity index (χ4n) is 2.23. The molecule has 0 unspecified atom stereocenters. The highest BCUT2D eigenvalue weighted by Gasteiger charge is 2.17. The molecule has 0 atom stereocenters. The molecule has 1 N–H and O–H groups in total. The number of amides is 1. The maximum atomic E-state index is 12.6. The van der Waals surface area contributed by atoms with Gasteiger partial charge < -0.3 is 19.4 Å². The van der Waals surface area contributed by atoms with Crippen LogP contribution >= 0.6 is 11.3 Å². The van der Waals surface area contributed by atoms with Crippen LogP contribution in [0.2, 0.25) is 0 Å². The SMILES string of the molecule is COc1cc(NC(=O)c2sc(-n3cccc3)nc2C)cc(OC)c1. The lowest BCUT2D eigenvalue weighted by atomic mass is 10.2. The van der Waals surface area contributed by atoms with Crippen molar-refractivity contribution in [3.8, 4) is 16.6 Å². The molecule has 2 heterocycles. The normalized spacial score (nSPS) is 10.5. The zero-order chi connectivity index (χ0) is 17.1. The number of benzene rings is 1. The van der Waals surface area contributed by atoms with Crippen LogP contribution in [0.5, 0.6) is 11.5 Å². The van der Waals surface area contributed by atoms with Gasteiger partial charge in [0, 0.05) is 36.3 Å². The molecule has 0 radical (unpaired) electrons. The van der Waals surface area contributed by atoms with Crippen LogP contribution in [0.4, 0.5) is 5.69 Å². The average Bonchev–Trinajstić information content (AvgIpc) is 3.23. The number of anilines is 1. The van der Waals surface area contributed by atoms with Crippen molar-refractivity contribution in [3.05, 3.63) is 53.3 Å². The Bertz CT molecular complexity index is 834. The monoisotopic (exact) mass is 343 g/mol. The van der Waals surface area contributed by atoms with E-state index in [9.17, 15) is 4.79 Å². The number of ether oxygens (including phenoxy) is 2. The maximum Gasteiger partial charge on any atom is 0.267 e. The van der Waals surface area contributed by atoms with Crippen LogP contribution in [-0.4, -0.2) is 29.7 Å². The molecule has 1 aromatic carbocycles. The van der Waals surface area contributed by atoms with E-state index in [1.54, 1.807) is 32.4 Å². The Morgan fingerprint density at radius 3 is 2.33 bits per heavy atom. The van der Waals surface area contributed by atoms with E-state index in [2.05, 4.69) is 10.3 Å². The summed E-state index contributed by atoms with van der Waals surface area (Å²) in [6, 6.07) is 9.06. The molecule has 0 aliphatic heterocycles. The van der Waals surface area contributed by atoms with E-state index in [0.717, 1.165) is 5.13 Å². The summed E-state index contributed by atoms with van der Waals surface area (Å²) in [5, 5.41) is 3.62. The standard InChI is InChI=1S/C17H17N3O3S/c1-11-15(24-17(18-11)20-6-4-5-7-20)16(21)19-12-8-13(22-2)10-14(9-12)23-3/h4-10H,1-3H3,(H,19,21). The molecule has 7 heteroatoms. The number of hydrogen-bond acceptors (Lipinski definition) is 5. The first-order valence-corrected chi connectivity index (χ1v) is 8.07. The van der Waals surface area contributed by atoms with Crippen molar-refractivity contribution in [3.63, 3.8) is 0 Å². The first-order chi connectivity index (χ1) is 11.6. The fourth-order valence-corrected chi connectivity index (χ4v) is 3.16. The van der Waals surface area contributed by atoms with Crippen LogP contribution < -0.4 is 14.8 Å². The number of nitrogens with zero attached hydrogens (tertiary/aromatic N) is 2. The molecule has 3 rings (SSSR count). The van der Waals surface area contributed by atoms with E-state index in [1.807, 2.05) is 36.0 Å². The van der Waals surface area contributed by atoms with Gasteiger partial charge in [-0.2, -0.15) is 0 Å². The number of thiazole rings is 1. The van der Waals surface area contributed by atoms with Crippen molar-refractivity contribution in [2.24, 2.45) is 0 Å². The van der Waals surface area contributed by atoms with Crippen LogP contribution in [0.15, 0.2) is 42.7 Å². The second-order valence-corrected chi connectivity index (χ2v) is 6.03. The smallest absolute Gasteiger partial charge is 0.267 e. The highest BCUT2D eigenvalue weighted by atomic mass is 32.1. The molecule has 124 valence electrons. The van der Waals surface area contributed by atoms with Gasteiger partial charge in [-0.05, 0) is 19.1 Å². The zero-order valence-electron chi connectivity index (χ0n) is 13.6. The van der Waals surface area contributed by atoms with E-state index in [1.165, 1.54) is 11.3 Å². The van der Waals surface area contributed by atoms with Crippen molar-refractivity contribution < 1.29 is 14.3 Å². The summed E-state index contributed by atoms with van der Waals surface area (Å²) < 4.78 is 12.3. The number of hydrogen-bond donors (Lipinski definition) is 1. The largest absolute Gasteiger partial charge is 0.497 e. The Morgan fingerprint density at radius 2 is 1.75 bits per heavy atom. The molecule has 0 spiro atoms. The van der Waals surface area contributed by atoms with Gasteiger partial charge in [-0.25, -0.2) is 4.98 Å². The summed E-state index contributed by atoms with van der Waals surface area (Å²) in [4.78, 5) is 17.6.